The molecule has 0 aromatic heterocycles. The summed E-state index contributed by atoms with van der Waals surface area (Å²) >= 11 is 3.33. The topological polar surface area (TPSA) is 79.5 Å². The third-order valence-electron chi connectivity index (χ3n) is 2.79. The average Bonchev–Trinajstić information content (AvgIpc) is 2.44. The molecule has 5 nitrogen and oxygen atoms in total. The molecule has 1 unspecified atom stereocenters. The monoisotopic (exact) mass is 468 g/mol. The molecular formula is C14H22BrIN4O. The molecule has 1 atom stereocenters. The zero-order chi connectivity index (χ0) is 15.0. The Morgan fingerprint density at radius 1 is 1.38 bits per heavy atom. The van der Waals surface area contributed by atoms with Crippen LogP contribution < -0.4 is 16.4 Å². The van der Waals surface area contributed by atoms with Crippen molar-refractivity contribution in [2.45, 2.75) is 26.3 Å². The third-order valence-corrected chi connectivity index (χ3v) is 3.32. The van der Waals surface area contributed by atoms with Gasteiger partial charge in [0.05, 0.1) is 6.54 Å². The lowest BCUT2D eigenvalue weighted by Crippen LogP contribution is -2.38. The number of nitrogens with zero attached hydrogens (tertiary/aromatic N) is 1. The van der Waals surface area contributed by atoms with Gasteiger partial charge in [-0.3, -0.25) is 9.79 Å². The first-order chi connectivity index (χ1) is 9.52. The van der Waals surface area contributed by atoms with Gasteiger partial charge in [-0.1, -0.05) is 22.9 Å². The molecule has 0 aliphatic rings. The van der Waals surface area contributed by atoms with Crippen LogP contribution in [-0.4, -0.2) is 31.0 Å². The zero-order valence-corrected chi connectivity index (χ0v) is 16.1. The SMILES string of the molecule is CCC(C)NC(N)=NCCNC(=O)c1ccc(Br)cc1.I. The summed E-state index contributed by atoms with van der Waals surface area (Å²) in [7, 11) is 0. The lowest BCUT2D eigenvalue weighted by molar-refractivity contribution is 0.0955. The highest BCUT2D eigenvalue weighted by atomic mass is 127. The van der Waals surface area contributed by atoms with Crippen LogP contribution in [0.4, 0.5) is 0 Å². The standard InChI is InChI=1S/C14H21BrN4O.HI/c1-3-10(2)19-14(16)18-9-8-17-13(20)11-4-6-12(15)7-5-11;/h4-7,10H,3,8-9H2,1-2H3,(H,17,20)(H3,16,18,19);1H. The van der Waals surface area contributed by atoms with E-state index in [2.05, 4.69) is 38.5 Å². The average molecular weight is 469 g/mol. The van der Waals surface area contributed by atoms with E-state index in [1.54, 1.807) is 12.1 Å². The highest BCUT2D eigenvalue weighted by molar-refractivity contribution is 14.0. The molecule has 0 saturated heterocycles. The van der Waals surface area contributed by atoms with E-state index in [1.807, 2.05) is 19.1 Å². The molecule has 1 aromatic carbocycles. The highest BCUT2D eigenvalue weighted by Crippen LogP contribution is 2.10. The van der Waals surface area contributed by atoms with Gasteiger partial charge >= 0.3 is 0 Å². The number of rotatable bonds is 6. The molecule has 0 radical (unpaired) electrons. The van der Waals surface area contributed by atoms with Gasteiger partial charge in [0.15, 0.2) is 5.96 Å². The van der Waals surface area contributed by atoms with Crippen molar-refractivity contribution >= 4 is 51.8 Å². The molecule has 21 heavy (non-hydrogen) atoms. The summed E-state index contributed by atoms with van der Waals surface area (Å²) in [5.74, 6) is 0.304. The minimum Gasteiger partial charge on any atom is -0.370 e. The molecular weight excluding hydrogens is 447 g/mol. The lowest BCUT2D eigenvalue weighted by atomic mass is 10.2. The molecule has 4 N–H and O–H groups in total. The number of nitrogens with one attached hydrogen (secondary N) is 2. The van der Waals surface area contributed by atoms with Gasteiger partial charge in [0.25, 0.3) is 5.91 Å². The molecule has 1 aromatic rings. The van der Waals surface area contributed by atoms with Crippen LogP contribution in [0, 0.1) is 0 Å². The number of halogens is 2. The largest absolute Gasteiger partial charge is 0.370 e. The van der Waals surface area contributed by atoms with Crippen molar-refractivity contribution in [2.24, 2.45) is 10.7 Å². The fourth-order valence-corrected chi connectivity index (χ4v) is 1.71. The first-order valence-electron chi connectivity index (χ1n) is 6.63. The summed E-state index contributed by atoms with van der Waals surface area (Å²) in [4.78, 5) is 16.0. The molecule has 7 heteroatoms. The van der Waals surface area contributed by atoms with Gasteiger partial charge < -0.3 is 16.4 Å². The number of carbonyl (C=O) groups is 1. The van der Waals surface area contributed by atoms with Crippen molar-refractivity contribution in [3.8, 4) is 0 Å². The molecule has 0 bridgehead atoms. The molecule has 0 spiro atoms. The number of hydrogen-bond acceptors (Lipinski definition) is 2. The number of benzene rings is 1. The minimum absolute atomic E-state index is 0. The first-order valence-corrected chi connectivity index (χ1v) is 7.42. The Morgan fingerprint density at radius 3 is 2.57 bits per heavy atom. The molecule has 118 valence electrons. The maximum absolute atomic E-state index is 11.8. The van der Waals surface area contributed by atoms with Crippen LogP contribution in [0.15, 0.2) is 33.7 Å². The summed E-state index contributed by atoms with van der Waals surface area (Å²) in [6, 6.07) is 7.50. The van der Waals surface area contributed by atoms with Crippen LogP contribution in [0.3, 0.4) is 0 Å². The first kappa shape index (κ1) is 20.2. The van der Waals surface area contributed by atoms with E-state index >= 15 is 0 Å². The number of aliphatic imine (C=N–C) groups is 1. The Balaban J connectivity index is 0.00000400. The van der Waals surface area contributed by atoms with Gasteiger partial charge in [-0.2, -0.15) is 0 Å². The van der Waals surface area contributed by atoms with E-state index in [-0.39, 0.29) is 29.9 Å². The molecule has 0 heterocycles. The van der Waals surface area contributed by atoms with Gasteiger partial charge in [0.1, 0.15) is 0 Å². The van der Waals surface area contributed by atoms with Gasteiger partial charge in [-0.05, 0) is 37.6 Å². The Labute approximate surface area is 151 Å². The van der Waals surface area contributed by atoms with Gasteiger partial charge in [-0.25, -0.2) is 0 Å². The predicted molar refractivity (Wildman–Crippen MR) is 101 cm³/mol. The minimum atomic E-state index is -0.110. The molecule has 0 saturated carbocycles. The third kappa shape index (κ3) is 8.25. The fourth-order valence-electron chi connectivity index (χ4n) is 1.45. The number of nitrogens with two attached hydrogens (primary N) is 1. The Kier molecular flexibility index (Phi) is 10.4. The summed E-state index contributed by atoms with van der Waals surface area (Å²) in [6.07, 6.45) is 0.983. The Bertz CT molecular complexity index is 465. The van der Waals surface area contributed by atoms with E-state index in [0.717, 1.165) is 10.9 Å². The Morgan fingerprint density at radius 2 is 2.00 bits per heavy atom. The maximum atomic E-state index is 11.8. The van der Waals surface area contributed by atoms with Crippen molar-refractivity contribution in [1.29, 1.82) is 0 Å². The quantitative estimate of drug-likeness (QED) is 0.260. The highest BCUT2D eigenvalue weighted by Gasteiger charge is 2.04. The fraction of sp³-hybridized carbons (Fsp3) is 0.429. The summed E-state index contributed by atoms with van der Waals surface area (Å²) in [5.41, 5.74) is 6.34. The van der Waals surface area contributed by atoms with Crippen LogP contribution in [0.25, 0.3) is 0 Å². The molecule has 0 aliphatic heterocycles. The smallest absolute Gasteiger partial charge is 0.251 e. The second kappa shape index (κ2) is 10.8. The van der Waals surface area contributed by atoms with Crippen LogP contribution in [0.2, 0.25) is 0 Å². The van der Waals surface area contributed by atoms with E-state index in [9.17, 15) is 4.79 Å². The Hall–Kier alpha value is -0.830. The van der Waals surface area contributed by atoms with Crippen molar-refractivity contribution in [2.75, 3.05) is 13.1 Å². The number of amides is 1. The zero-order valence-electron chi connectivity index (χ0n) is 12.2. The maximum Gasteiger partial charge on any atom is 0.251 e. The molecule has 0 aliphatic carbocycles. The number of carbonyl (C=O) groups excluding carboxylic acids is 1. The second-order valence-electron chi connectivity index (χ2n) is 4.48. The second-order valence-corrected chi connectivity index (χ2v) is 5.40. The summed E-state index contributed by atoms with van der Waals surface area (Å²) in [6.45, 7) is 5.02. The predicted octanol–water partition coefficient (Wildman–Crippen LogP) is 2.50. The van der Waals surface area contributed by atoms with Crippen LogP contribution in [-0.2, 0) is 0 Å². The van der Waals surface area contributed by atoms with Crippen molar-refractivity contribution in [3.63, 3.8) is 0 Å². The van der Waals surface area contributed by atoms with Crippen molar-refractivity contribution < 1.29 is 4.79 Å². The normalized spacial score (nSPS) is 12.2. The number of guanidine groups is 1. The van der Waals surface area contributed by atoms with Crippen molar-refractivity contribution in [3.05, 3.63) is 34.3 Å². The van der Waals surface area contributed by atoms with Gasteiger partial charge in [0.2, 0.25) is 0 Å². The van der Waals surface area contributed by atoms with Crippen LogP contribution in [0.1, 0.15) is 30.6 Å². The van der Waals surface area contributed by atoms with Crippen LogP contribution in [0.5, 0.6) is 0 Å². The van der Waals surface area contributed by atoms with Crippen LogP contribution >= 0.6 is 39.9 Å². The van der Waals surface area contributed by atoms with E-state index in [4.69, 9.17) is 5.73 Å². The van der Waals surface area contributed by atoms with Gasteiger partial charge in [0, 0.05) is 22.6 Å². The van der Waals surface area contributed by atoms with E-state index in [0.29, 0.717) is 30.7 Å². The molecule has 0 fully saturated rings. The molecule has 1 rings (SSSR count). The van der Waals surface area contributed by atoms with Crippen molar-refractivity contribution in [1.82, 2.24) is 10.6 Å². The summed E-state index contributed by atoms with van der Waals surface area (Å²) in [5, 5.41) is 5.86. The summed E-state index contributed by atoms with van der Waals surface area (Å²) < 4.78 is 0.947. The van der Waals surface area contributed by atoms with E-state index in [1.165, 1.54) is 0 Å². The molecule has 1 amide bonds. The lowest BCUT2D eigenvalue weighted by Gasteiger charge is -2.11. The van der Waals surface area contributed by atoms with Gasteiger partial charge in [-0.15, -0.1) is 24.0 Å². The van der Waals surface area contributed by atoms with E-state index < -0.39 is 0 Å². The number of hydrogen-bond donors (Lipinski definition) is 3.